The molecule has 1 aromatic rings. The van der Waals surface area contributed by atoms with Crippen molar-refractivity contribution in [1.29, 1.82) is 0 Å². The van der Waals surface area contributed by atoms with Crippen molar-refractivity contribution >= 4 is 37.7 Å². The molecule has 0 aliphatic carbocycles. The number of sulfonamides is 1. The Morgan fingerprint density at radius 1 is 1.52 bits per heavy atom. The Morgan fingerprint density at radius 3 is 2.76 bits per heavy atom. The fourth-order valence-corrected chi connectivity index (χ4v) is 3.32. The number of hydrazine groups is 1. The summed E-state index contributed by atoms with van der Waals surface area (Å²) in [6.45, 7) is 3.85. The lowest BCUT2D eigenvalue weighted by atomic mass is 10.3. The summed E-state index contributed by atoms with van der Waals surface area (Å²) in [5.41, 5.74) is 2.21. The number of nitrogens with zero attached hydrogens (tertiary/aromatic N) is 1. The summed E-state index contributed by atoms with van der Waals surface area (Å²) >= 11 is 3.14. The monoisotopic (exact) mass is 379 g/mol. The fraction of sp³-hybridized carbons (Fsp3) is 0.455. The van der Waals surface area contributed by atoms with Gasteiger partial charge in [0.15, 0.2) is 5.82 Å². The van der Waals surface area contributed by atoms with Crippen molar-refractivity contribution in [2.24, 2.45) is 5.84 Å². The minimum Gasteiger partial charge on any atom is -0.355 e. The summed E-state index contributed by atoms with van der Waals surface area (Å²) in [5, 5.41) is 2.62. The first-order valence-corrected chi connectivity index (χ1v) is 8.51. The van der Waals surface area contributed by atoms with Crippen LogP contribution in [-0.4, -0.2) is 31.9 Å². The molecule has 1 rings (SSSR count). The smallest absolute Gasteiger partial charge is 0.245 e. The first-order valence-electron chi connectivity index (χ1n) is 6.24. The molecule has 5 N–H and O–H groups in total. The average molecular weight is 380 g/mol. The Morgan fingerprint density at radius 2 is 2.19 bits per heavy atom. The number of hydrogen-bond acceptors (Lipinski definition) is 6. The number of rotatable bonds is 7. The molecule has 1 aromatic heterocycles. The van der Waals surface area contributed by atoms with Gasteiger partial charge in [0, 0.05) is 17.2 Å². The molecule has 118 valence electrons. The Balaban J connectivity index is 2.96. The number of hydrogen-bond donors (Lipinski definition) is 4. The van der Waals surface area contributed by atoms with Gasteiger partial charge in [0.25, 0.3) is 0 Å². The third-order valence-electron chi connectivity index (χ3n) is 2.52. The first kappa shape index (κ1) is 17.8. The number of pyridine rings is 1. The highest BCUT2D eigenvalue weighted by molar-refractivity contribution is 9.10. The Kier molecular flexibility index (Phi) is 6.52. The predicted molar refractivity (Wildman–Crippen MR) is 82.8 cm³/mol. The van der Waals surface area contributed by atoms with Crippen LogP contribution in [0, 0.1) is 0 Å². The minimum atomic E-state index is -3.94. The van der Waals surface area contributed by atoms with Crippen LogP contribution in [0.3, 0.4) is 0 Å². The molecule has 1 atom stereocenters. The number of carbonyl (C=O) groups excluding carboxylic acids is 1. The van der Waals surface area contributed by atoms with Crippen LogP contribution in [0.2, 0.25) is 0 Å². The second-order valence-corrected chi connectivity index (χ2v) is 6.88. The van der Waals surface area contributed by atoms with E-state index in [1.807, 2.05) is 6.92 Å². The summed E-state index contributed by atoms with van der Waals surface area (Å²) < 4.78 is 27.4. The molecular formula is C11H18BrN5O3S. The third-order valence-corrected chi connectivity index (χ3v) is 4.51. The molecule has 0 radical (unpaired) electrons. The van der Waals surface area contributed by atoms with Crippen LogP contribution in [0.15, 0.2) is 21.6 Å². The normalized spacial score (nSPS) is 12.8. The van der Waals surface area contributed by atoms with Gasteiger partial charge in [-0.05, 0) is 35.3 Å². The van der Waals surface area contributed by atoms with Crippen LogP contribution in [-0.2, 0) is 14.8 Å². The molecule has 1 unspecified atom stereocenters. The standard InChI is InChI=1S/C11H18BrN5O3S/c1-3-4-14-11(18)7(2)17-21(19,20)9-5-8(12)6-15-10(9)16-13/h5-7,17H,3-4,13H2,1-2H3,(H,14,18)(H,15,16). The minimum absolute atomic E-state index is 0.00753. The zero-order chi connectivity index (χ0) is 16.0. The van der Waals surface area contributed by atoms with Crippen LogP contribution in [0.1, 0.15) is 20.3 Å². The van der Waals surface area contributed by atoms with Crippen LogP contribution < -0.4 is 21.3 Å². The topological polar surface area (TPSA) is 126 Å². The third kappa shape index (κ3) is 4.92. The van der Waals surface area contributed by atoms with Gasteiger partial charge in [-0.15, -0.1) is 0 Å². The van der Waals surface area contributed by atoms with Crippen molar-refractivity contribution in [1.82, 2.24) is 15.0 Å². The number of nitrogens with one attached hydrogen (secondary N) is 3. The van der Waals surface area contributed by atoms with E-state index in [2.05, 4.69) is 36.4 Å². The van der Waals surface area contributed by atoms with E-state index >= 15 is 0 Å². The van der Waals surface area contributed by atoms with Crippen molar-refractivity contribution in [3.05, 3.63) is 16.7 Å². The lowest BCUT2D eigenvalue weighted by molar-refractivity contribution is -0.122. The van der Waals surface area contributed by atoms with Crippen molar-refractivity contribution in [3.8, 4) is 0 Å². The van der Waals surface area contributed by atoms with Crippen LogP contribution in [0.4, 0.5) is 5.82 Å². The summed E-state index contributed by atoms with van der Waals surface area (Å²) in [4.78, 5) is 15.4. The van der Waals surface area contributed by atoms with Crippen molar-refractivity contribution in [2.45, 2.75) is 31.2 Å². The van der Waals surface area contributed by atoms with E-state index in [4.69, 9.17) is 5.84 Å². The fourth-order valence-electron chi connectivity index (χ4n) is 1.48. The van der Waals surface area contributed by atoms with Gasteiger partial charge in [-0.3, -0.25) is 4.79 Å². The van der Waals surface area contributed by atoms with Gasteiger partial charge >= 0.3 is 0 Å². The highest BCUT2D eigenvalue weighted by atomic mass is 79.9. The summed E-state index contributed by atoms with van der Waals surface area (Å²) in [6.07, 6.45) is 2.17. The number of nitrogen functional groups attached to an aromatic ring is 1. The second kappa shape index (κ2) is 7.69. The maximum absolute atomic E-state index is 12.3. The number of aromatic nitrogens is 1. The summed E-state index contributed by atoms with van der Waals surface area (Å²) in [5.74, 6) is 4.85. The largest absolute Gasteiger partial charge is 0.355 e. The van der Waals surface area contributed by atoms with E-state index in [1.54, 1.807) is 0 Å². The zero-order valence-corrected chi connectivity index (χ0v) is 14.1. The number of nitrogens with two attached hydrogens (primary N) is 1. The van der Waals surface area contributed by atoms with Crippen LogP contribution in [0.5, 0.6) is 0 Å². The van der Waals surface area contributed by atoms with E-state index in [-0.39, 0.29) is 10.7 Å². The molecule has 8 nitrogen and oxygen atoms in total. The summed E-state index contributed by atoms with van der Waals surface area (Å²) in [6, 6.07) is 0.437. The molecule has 0 aliphatic heterocycles. The van der Waals surface area contributed by atoms with Gasteiger partial charge < -0.3 is 10.7 Å². The quantitative estimate of drug-likeness (QED) is 0.399. The molecule has 0 bridgehead atoms. The zero-order valence-electron chi connectivity index (χ0n) is 11.7. The maximum Gasteiger partial charge on any atom is 0.245 e. The Hall–Kier alpha value is -1.23. The van der Waals surface area contributed by atoms with Gasteiger partial charge in [-0.1, -0.05) is 6.92 Å². The van der Waals surface area contributed by atoms with E-state index < -0.39 is 22.0 Å². The predicted octanol–water partition coefficient (Wildman–Crippen LogP) is 0.323. The van der Waals surface area contributed by atoms with Crippen molar-refractivity contribution in [2.75, 3.05) is 12.0 Å². The Labute approximate surface area is 132 Å². The molecular weight excluding hydrogens is 362 g/mol. The second-order valence-electron chi connectivity index (χ2n) is 4.28. The lowest BCUT2D eigenvalue weighted by Crippen LogP contribution is -2.45. The highest BCUT2D eigenvalue weighted by Crippen LogP contribution is 2.22. The molecule has 0 spiro atoms. The van der Waals surface area contributed by atoms with Crippen LogP contribution in [0.25, 0.3) is 0 Å². The Bertz CT molecular complexity index is 608. The molecule has 0 aliphatic rings. The van der Waals surface area contributed by atoms with Gasteiger partial charge in [0.1, 0.15) is 4.90 Å². The molecule has 0 saturated heterocycles. The van der Waals surface area contributed by atoms with Crippen molar-refractivity contribution in [3.63, 3.8) is 0 Å². The molecule has 1 heterocycles. The SMILES string of the molecule is CCCNC(=O)C(C)NS(=O)(=O)c1cc(Br)cnc1NN. The summed E-state index contributed by atoms with van der Waals surface area (Å²) in [7, 11) is -3.94. The van der Waals surface area contributed by atoms with Crippen LogP contribution >= 0.6 is 15.9 Å². The highest BCUT2D eigenvalue weighted by Gasteiger charge is 2.25. The number of carbonyl (C=O) groups is 1. The molecule has 0 saturated carbocycles. The van der Waals surface area contributed by atoms with Gasteiger partial charge in [-0.2, -0.15) is 4.72 Å². The van der Waals surface area contributed by atoms with Gasteiger partial charge in [0.2, 0.25) is 15.9 Å². The number of amides is 1. The van der Waals surface area contributed by atoms with Gasteiger partial charge in [-0.25, -0.2) is 19.2 Å². The maximum atomic E-state index is 12.3. The molecule has 21 heavy (non-hydrogen) atoms. The first-order chi connectivity index (χ1) is 9.81. The molecule has 10 heteroatoms. The van der Waals surface area contributed by atoms with Crippen molar-refractivity contribution < 1.29 is 13.2 Å². The van der Waals surface area contributed by atoms with Gasteiger partial charge in [0.05, 0.1) is 6.04 Å². The molecule has 0 aromatic carbocycles. The number of halogens is 1. The van der Waals surface area contributed by atoms with E-state index in [1.165, 1.54) is 19.2 Å². The lowest BCUT2D eigenvalue weighted by Gasteiger charge is -2.15. The average Bonchev–Trinajstić information content (AvgIpc) is 2.44. The number of anilines is 1. The molecule has 0 fully saturated rings. The molecule has 1 amide bonds. The van der Waals surface area contributed by atoms with E-state index in [0.717, 1.165) is 6.42 Å². The van der Waals surface area contributed by atoms with E-state index in [0.29, 0.717) is 11.0 Å². The van der Waals surface area contributed by atoms with E-state index in [9.17, 15) is 13.2 Å².